The summed E-state index contributed by atoms with van der Waals surface area (Å²) in [5.74, 6) is -2.43. The lowest BCUT2D eigenvalue weighted by molar-refractivity contribution is -0.127. The molecule has 6 heteroatoms. The summed E-state index contributed by atoms with van der Waals surface area (Å²) in [5, 5.41) is 2.63. The Morgan fingerprint density at radius 1 is 1.30 bits per heavy atom. The number of halogens is 2. The van der Waals surface area contributed by atoms with Crippen molar-refractivity contribution >= 4 is 5.91 Å². The van der Waals surface area contributed by atoms with Gasteiger partial charge in [-0.25, -0.2) is 8.78 Å². The number of nitrogens with one attached hydrogen (secondary N) is 1. The van der Waals surface area contributed by atoms with E-state index in [-0.39, 0.29) is 12.5 Å². The predicted molar refractivity (Wildman–Crippen MR) is 72.2 cm³/mol. The van der Waals surface area contributed by atoms with Gasteiger partial charge in [0.1, 0.15) is 0 Å². The minimum Gasteiger partial charge on any atom is -0.475 e. The molecule has 0 saturated carbocycles. The third-order valence-corrected chi connectivity index (χ3v) is 2.64. The second-order valence-corrected chi connectivity index (χ2v) is 4.99. The van der Waals surface area contributed by atoms with Crippen LogP contribution in [0.25, 0.3) is 0 Å². The molecule has 0 aliphatic heterocycles. The van der Waals surface area contributed by atoms with Gasteiger partial charge in [0, 0.05) is 13.1 Å². The molecule has 0 aliphatic rings. The van der Waals surface area contributed by atoms with Crippen molar-refractivity contribution in [3.63, 3.8) is 0 Å². The number of carbonyl (C=O) groups is 1. The molecule has 0 aromatic heterocycles. The van der Waals surface area contributed by atoms with E-state index in [4.69, 9.17) is 10.5 Å². The van der Waals surface area contributed by atoms with Crippen molar-refractivity contribution in [3.05, 3.63) is 29.3 Å². The van der Waals surface area contributed by atoms with Crippen LogP contribution in [-0.4, -0.2) is 18.6 Å². The van der Waals surface area contributed by atoms with Gasteiger partial charge in [0.05, 0.1) is 0 Å². The van der Waals surface area contributed by atoms with Crippen LogP contribution in [0, 0.1) is 17.6 Å². The Hall–Kier alpha value is -1.69. The number of amides is 1. The van der Waals surface area contributed by atoms with Gasteiger partial charge in [-0.05, 0) is 30.5 Å². The Kier molecular flexibility index (Phi) is 5.88. The summed E-state index contributed by atoms with van der Waals surface area (Å²) in [6, 6.07) is 2.19. The molecule has 1 aromatic carbocycles. The summed E-state index contributed by atoms with van der Waals surface area (Å²) >= 11 is 0. The Balaban J connectivity index is 2.75. The van der Waals surface area contributed by atoms with Crippen LogP contribution in [0.3, 0.4) is 0 Å². The van der Waals surface area contributed by atoms with E-state index in [0.29, 0.717) is 12.1 Å². The first-order valence-electron chi connectivity index (χ1n) is 6.47. The lowest BCUT2D eigenvalue weighted by atomic mass is 10.2. The second kappa shape index (κ2) is 7.19. The summed E-state index contributed by atoms with van der Waals surface area (Å²) in [4.78, 5) is 11.7. The average molecular weight is 286 g/mol. The first-order chi connectivity index (χ1) is 9.35. The number of hydrogen-bond donors (Lipinski definition) is 2. The van der Waals surface area contributed by atoms with Crippen LogP contribution in [0.4, 0.5) is 8.78 Å². The predicted octanol–water partition coefficient (Wildman–Crippen LogP) is 1.96. The fourth-order valence-electron chi connectivity index (χ4n) is 1.52. The van der Waals surface area contributed by atoms with E-state index in [0.717, 1.165) is 12.1 Å². The van der Waals surface area contributed by atoms with Gasteiger partial charge < -0.3 is 15.8 Å². The Bertz CT molecular complexity index is 455. The zero-order valence-corrected chi connectivity index (χ0v) is 11.9. The van der Waals surface area contributed by atoms with E-state index in [1.54, 1.807) is 0 Å². The molecule has 3 N–H and O–H groups in total. The molecule has 0 spiro atoms. The fraction of sp³-hybridized carbons (Fsp3) is 0.500. The number of ether oxygens (including phenoxy) is 1. The van der Waals surface area contributed by atoms with Crippen LogP contribution in [0.5, 0.6) is 5.75 Å². The van der Waals surface area contributed by atoms with Crippen LogP contribution in [0.1, 0.15) is 26.3 Å². The highest BCUT2D eigenvalue weighted by Gasteiger charge is 2.20. The molecule has 112 valence electrons. The molecule has 0 saturated heterocycles. The smallest absolute Gasteiger partial charge is 0.260 e. The molecule has 0 aliphatic carbocycles. The lowest BCUT2D eigenvalue weighted by Crippen LogP contribution is -2.38. The molecule has 0 bridgehead atoms. The summed E-state index contributed by atoms with van der Waals surface area (Å²) in [7, 11) is 0. The van der Waals surface area contributed by atoms with Crippen molar-refractivity contribution < 1.29 is 18.3 Å². The maximum atomic E-state index is 13.7. The minimum absolute atomic E-state index is 0.0263. The van der Waals surface area contributed by atoms with Gasteiger partial charge in [0.2, 0.25) is 0 Å². The molecular formula is C14H20F2N2O2. The van der Waals surface area contributed by atoms with Crippen LogP contribution in [0.15, 0.2) is 12.1 Å². The first-order valence-corrected chi connectivity index (χ1v) is 6.47. The van der Waals surface area contributed by atoms with E-state index in [1.165, 1.54) is 6.92 Å². The average Bonchev–Trinajstić information content (AvgIpc) is 2.39. The Labute approximate surface area is 117 Å². The van der Waals surface area contributed by atoms with Crippen molar-refractivity contribution in [1.82, 2.24) is 5.32 Å². The highest BCUT2D eigenvalue weighted by atomic mass is 19.1. The number of rotatable bonds is 6. The topological polar surface area (TPSA) is 64.3 Å². The van der Waals surface area contributed by atoms with E-state index in [1.807, 2.05) is 13.8 Å². The van der Waals surface area contributed by atoms with E-state index < -0.39 is 29.4 Å². The normalized spacial score (nSPS) is 12.3. The molecule has 1 atom stereocenters. The molecule has 1 amide bonds. The first kappa shape index (κ1) is 16.4. The van der Waals surface area contributed by atoms with Gasteiger partial charge in [-0.15, -0.1) is 0 Å². The highest BCUT2D eigenvalue weighted by molar-refractivity contribution is 5.80. The Morgan fingerprint density at radius 3 is 2.30 bits per heavy atom. The van der Waals surface area contributed by atoms with Gasteiger partial charge in [-0.2, -0.15) is 0 Å². The third-order valence-electron chi connectivity index (χ3n) is 2.64. The quantitative estimate of drug-likeness (QED) is 0.840. The number of nitrogens with two attached hydrogens (primary N) is 1. The Morgan fingerprint density at radius 2 is 1.85 bits per heavy atom. The van der Waals surface area contributed by atoms with E-state index in [9.17, 15) is 13.6 Å². The minimum atomic E-state index is -0.985. The maximum Gasteiger partial charge on any atom is 0.260 e. The molecule has 1 rings (SSSR count). The van der Waals surface area contributed by atoms with Crippen molar-refractivity contribution in [2.75, 3.05) is 6.54 Å². The van der Waals surface area contributed by atoms with Gasteiger partial charge in [0.25, 0.3) is 5.91 Å². The molecule has 4 nitrogen and oxygen atoms in total. The zero-order chi connectivity index (χ0) is 15.3. The second-order valence-electron chi connectivity index (χ2n) is 4.99. The van der Waals surface area contributed by atoms with E-state index in [2.05, 4.69) is 5.32 Å². The monoisotopic (exact) mass is 286 g/mol. The maximum absolute atomic E-state index is 13.7. The van der Waals surface area contributed by atoms with Crippen molar-refractivity contribution in [2.24, 2.45) is 11.7 Å². The van der Waals surface area contributed by atoms with Crippen LogP contribution in [0.2, 0.25) is 0 Å². The van der Waals surface area contributed by atoms with Crippen LogP contribution >= 0.6 is 0 Å². The van der Waals surface area contributed by atoms with Crippen molar-refractivity contribution in [3.8, 4) is 5.75 Å². The number of hydrogen-bond acceptors (Lipinski definition) is 3. The lowest BCUT2D eigenvalue weighted by Gasteiger charge is -2.17. The molecular weight excluding hydrogens is 266 g/mol. The van der Waals surface area contributed by atoms with E-state index >= 15 is 0 Å². The number of carbonyl (C=O) groups excluding carboxylic acids is 1. The summed E-state index contributed by atoms with van der Waals surface area (Å²) < 4.78 is 32.4. The summed E-state index contributed by atoms with van der Waals surface area (Å²) in [5.41, 5.74) is 5.64. The SMILES string of the molecule is CC(C)CNC(=O)C(C)Oc1c(F)cc(CN)cc1F. The van der Waals surface area contributed by atoms with Crippen molar-refractivity contribution in [1.29, 1.82) is 0 Å². The number of benzene rings is 1. The third kappa shape index (κ3) is 4.45. The molecule has 0 fully saturated rings. The largest absolute Gasteiger partial charge is 0.475 e. The standard InChI is InChI=1S/C14H20F2N2O2/c1-8(2)7-18-14(19)9(3)20-13-11(15)4-10(6-17)5-12(13)16/h4-5,8-9H,6-7,17H2,1-3H3,(H,18,19). The van der Waals surface area contributed by atoms with Gasteiger partial charge in [-0.1, -0.05) is 13.8 Å². The van der Waals surface area contributed by atoms with Gasteiger partial charge in [-0.3, -0.25) is 4.79 Å². The summed E-state index contributed by atoms with van der Waals surface area (Å²) in [6.07, 6.45) is -0.985. The fourth-order valence-corrected chi connectivity index (χ4v) is 1.52. The molecule has 1 unspecified atom stereocenters. The van der Waals surface area contributed by atoms with Crippen LogP contribution in [-0.2, 0) is 11.3 Å². The van der Waals surface area contributed by atoms with Gasteiger partial charge in [0.15, 0.2) is 23.5 Å². The highest BCUT2D eigenvalue weighted by Crippen LogP contribution is 2.24. The molecule has 0 heterocycles. The zero-order valence-electron chi connectivity index (χ0n) is 11.9. The summed E-state index contributed by atoms with van der Waals surface area (Å²) in [6.45, 7) is 5.82. The molecule has 1 aromatic rings. The van der Waals surface area contributed by atoms with Gasteiger partial charge >= 0.3 is 0 Å². The molecule has 20 heavy (non-hydrogen) atoms. The molecule has 0 radical (unpaired) electrons. The van der Waals surface area contributed by atoms with Crippen molar-refractivity contribution in [2.45, 2.75) is 33.4 Å². The van der Waals surface area contributed by atoms with Crippen LogP contribution < -0.4 is 15.8 Å².